The maximum atomic E-state index is 13.0. The first-order valence-corrected chi connectivity index (χ1v) is 8.97. The average molecular weight is 375 g/mol. The van der Waals surface area contributed by atoms with E-state index in [1.54, 1.807) is 18.2 Å². The lowest BCUT2D eigenvalue weighted by molar-refractivity contribution is 0.0252. The van der Waals surface area contributed by atoms with Gasteiger partial charge in [0.25, 0.3) is 5.91 Å². The van der Waals surface area contributed by atoms with Gasteiger partial charge in [0, 0.05) is 17.7 Å². The van der Waals surface area contributed by atoms with Gasteiger partial charge in [0.1, 0.15) is 11.9 Å². The molecule has 1 heterocycles. The molecule has 0 saturated heterocycles. The summed E-state index contributed by atoms with van der Waals surface area (Å²) in [7, 11) is 0. The number of carbonyl (C=O) groups is 2. The van der Waals surface area contributed by atoms with E-state index >= 15 is 0 Å². The molecule has 0 saturated carbocycles. The second-order valence-electron chi connectivity index (χ2n) is 6.84. The smallest absolute Gasteiger partial charge is 0.339 e. The Kier molecular flexibility index (Phi) is 4.65. The molecule has 5 heteroatoms. The zero-order valence-electron chi connectivity index (χ0n) is 15.2. The molecular weight excluding hydrogens is 357 g/mol. The number of hydrogen-bond acceptors (Lipinski definition) is 3. The molecule has 28 heavy (non-hydrogen) atoms. The van der Waals surface area contributed by atoms with Crippen LogP contribution in [0.1, 0.15) is 43.5 Å². The number of aryl methyl sites for hydroxylation is 1. The Morgan fingerprint density at radius 1 is 1.04 bits per heavy atom. The van der Waals surface area contributed by atoms with Gasteiger partial charge in [0.05, 0.1) is 5.56 Å². The predicted molar refractivity (Wildman–Crippen MR) is 104 cm³/mol. The van der Waals surface area contributed by atoms with E-state index in [0.29, 0.717) is 23.2 Å². The Bertz CT molecular complexity index is 1040. The molecule has 4 rings (SSSR count). The van der Waals surface area contributed by atoms with Crippen LogP contribution >= 0.6 is 0 Å². The molecule has 0 bridgehead atoms. The highest BCUT2D eigenvalue weighted by Gasteiger charge is 2.28. The third-order valence-corrected chi connectivity index (χ3v) is 4.79. The van der Waals surface area contributed by atoms with Gasteiger partial charge >= 0.3 is 5.97 Å². The standard InChI is InChI=1S/C23H18FNO3/c1-14-2-4-15(5-3-14)21-13-17-12-16(6-11-20(17)23(27)28-21)22(26)25-19-9-7-18(24)8-10-19/h2-12,21H,13H2,1H3,(H,25,26)/t21-/m1/s1. The summed E-state index contributed by atoms with van der Waals surface area (Å²) in [4.78, 5) is 24.9. The average Bonchev–Trinajstić information content (AvgIpc) is 2.69. The van der Waals surface area contributed by atoms with Crippen molar-refractivity contribution in [3.63, 3.8) is 0 Å². The van der Waals surface area contributed by atoms with E-state index in [1.165, 1.54) is 24.3 Å². The van der Waals surface area contributed by atoms with Crippen molar-refractivity contribution in [1.82, 2.24) is 0 Å². The first-order valence-electron chi connectivity index (χ1n) is 8.97. The Balaban J connectivity index is 1.57. The molecule has 1 N–H and O–H groups in total. The van der Waals surface area contributed by atoms with Gasteiger partial charge in [-0.3, -0.25) is 4.79 Å². The lowest BCUT2D eigenvalue weighted by Gasteiger charge is -2.25. The van der Waals surface area contributed by atoms with Crippen molar-refractivity contribution in [2.75, 3.05) is 5.32 Å². The van der Waals surface area contributed by atoms with Crippen molar-refractivity contribution >= 4 is 17.6 Å². The highest BCUT2D eigenvalue weighted by molar-refractivity contribution is 6.05. The number of carbonyl (C=O) groups excluding carboxylic acids is 2. The highest BCUT2D eigenvalue weighted by Crippen LogP contribution is 2.31. The molecule has 0 fully saturated rings. The van der Waals surface area contributed by atoms with Gasteiger partial charge in [-0.2, -0.15) is 0 Å². The number of anilines is 1. The van der Waals surface area contributed by atoms with Crippen molar-refractivity contribution in [2.45, 2.75) is 19.4 Å². The van der Waals surface area contributed by atoms with Gasteiger partial charge in [-0.15, -0.1) is 0 Å². The molecule has 1 aliphatic rings. The van der Waals surface area contributed by atoms with Gasteiger partial charge in [-0.05, 0) is 60.5 Å². The molecule has 3 aromatic carbocycles. The fourth-order valence-electron chi connectivity index (χ4n) is 3.24. The number of benzene rings is 3. The first-order chi connectivity index (χ1) is 13.5. The lowest BCUT2D eigenvalue weighted by Crippen LogP contribution is -2.23. The number of fused-ring (bicyclic) bond motifs is 1. The number of cyclic esters (lactones) is 1. The molecule has 4 nitrogen and oxygen atoms in total. The summed E-state index contributed by atoms with van der Waals surface area (Å²) in [5.41, 5.74) is 4.23. The van der Waals surface area contributed by atoms with Gasteiger partial charge in [-0.25, -0.2) is 9.18 Å². The van der Waals surface area contributed by atoms with Crippen molar-refractivity contribution in [3.05, 3.63) is 100 Å². The topological polar surface area (TPSA) is 55.4 Å². The predicted octanol–water partition coefficient (Wildman–Crippen LogP) is 4.84. The second kappa shape index (κ2) is 7.27. The Hall–Kier alpha value is -3.47. The molecule has 1 amide bonds. The van der Waals surface area contributed by atoms with E-state index in [1.807, 2.05) is 31.2 Å². The van der Waals surface area contributed by atoms with Crippen LogP contribution in [0.4, 0.5) is 10.1 Å². The molecule has 0 unspecified atom stereocenters. The molecule has 0 aromatic heterocycles. The molecule has 0 radical (unpaired) electrons. The fraction of sp³-hybridized carbons (Fsp3) is 0.130. The van der Waals surface area contributed by atoms with Crippen LogP contribution in [0.3, 0.4) is 0 Å². The van der Waals surface area contributed by atoms with Crippen LogP contribution in [0.5, 0.6) is 0 Å². The lowest BCUT2D eigenvalue weighted by atomic mass is 9.92. The normalized spacial score (nSPS) is 15.5. The molecule has 0 spiro atoms. The van der Waals surface area contributed by atoms with E-state index in [-0.39, 0.29) is 17.8 Å². The summed E-state index contributed by atoms with van der Waals surface area (Å²) < 4.78 is 18.6. The van der Waals surface area contributed by atoms with Crippen LogP contribution in [0.25, 0.3) is 0 Å². The Morgan fingerprint density at radius 3 is 2.46 bits per heavy atom. The zero-order chi connectivity index (χ0) is 19.7. The maximum Gasteiger partial charge on any atom is 0.339 e. The zero-order valence-corrected chi connectivity index (χ0v) is 15.2. The number of ether oxygens (including phenoxy) is 1. The molecule has 1 aliphatic heterocycles. The van der Waals surface area contributed by atoms with E-state index in [2.05, 4.69) is 5.32 Å². The fourth-order valence-corrected chi connectivity index (χ4v) is 3.24. The number of amides is 1. The highest BCUT2D eigenvalue weighted by atomic mass is 19.1. The van der Waals surface area contributed by atoms with Gasteiger partial charge in [-0.1, -0.05) is 29.8 Å². The Morgan fingerprint density at radius 2 is 1.75 bits per heavy atom. The van der Waals surface area contributed by atoms with Gasteiger partial charge in [0.2, 0.25) is 0 Å². The van der Waals surface area contributed by atoms with E-state index in [4.69, 9.17) is 4.74 Å². The van der Waals surface area contributed by atoms with Crippen LogP contribution in [0.15, 0.2) is 66.7 Å². The maximum absolute atomic E-state index is 13.0. The van der Waals surface area contributed by atoms with Gasteiger partial charge in [0.15, 0.2) is 0 Å². The van der Waals surface area contributed by atoms with Gasteiger partial charge < -0.3 is 10.1 Å². The Labute approximate surface area is 162 Å². The SMILES string of the molecule is Cc1ccc([C@H]2Cc3cc(C(=O)Nc4ccc(F)cc4)ccc3C(=O)O2)cc1. The molecular formula is C23H18FNO3. The van der Waals surface area contributed by atoms with Crippen molar-refractivity contribution in [1.29, 1.82) is 0 Å². The number of nitrogens with one attached hydrogen (secondary N) is 1. The summed E-state index contributed by atoms with van der Waals surface area (Å²) in [5.74, 6) is -1.08. The quantitative estimate of drug-likeness (QED) is 0.667. The van der Waals surface area contributed by atoms with Crippen LogP contribution in [0.2, 0.25) is 0 Å². The molecule has 3 aromatic rings. The summed E-state index contributed by atoms with van der Waals surface area (Å²) in [5, 5.41) is 2.73. The third kappa shape index (κ3) is 3.64. The minimum atomic E-state index is -0.391. The summed E-state index contributed by atoms with van der Waals surface area (Å²) in [6, 6.07) is 18.3. The second-order valence-corrected chi connectivity index (χ2v) is 6.84. The van der Waals surface area contributed by atoms with E-state index < -0.39 is 5.97 Å². The molecule has 140 valence electrons. The number of hydrogen-bond donors (Lipinski definition) is 1. The first kappa shape index (κ1) is 17.9. The minimum Gasteiger partial charge on any atom is -0.454 e. The van der Waals surface area contributed by atoms with Crippen molar-refractivity contribution < 1.29 is 18.7 Å². The summed E-state index contributed by atoms with van der Waals surface area (Å²) in [6.45, 7) is 2.00. The van der Waals surface area contributed by atoms with E-state index in [9.17, 15) is 14.0 Å². The summed E-state index contributed by atoms with van der Waals surface area (Å²) >= 11 is 0. The number of esters is 1. The van der Waals surface area contributed by atoms with Crippen LogP contribution in [0, 0.1) is 12.7 Å². The molecule has 0 aliphatic carbocycles. The van der Waals surface area contributed by atoms with Crippen LogP contribution < -0.4 is 5.32 Å². The van der Waals surface area contributed by atoms with Crippen molar-refractivity contribution in [2.24, 2.45) is 0 Å². The minimum absolute atomic E-state index is 0.319. The van der Waals surface area contributed by atoms with Crippen molar-refractivity contribution in [3.8, 4) is 0 Å². The molecule has 1 atom stereocenters. The van der Waals surface area contributed by atoms with E-state index in [0.717, 1.165) is 16.7 Å². The monoisotopic (exact) mass is 375 g/mol. The largest absolute Gasteiger partial charge is 0.454 e. The van der Waals surface area contributed by atoms with Crippen LogP contribution in [-0.4, -0.2) is 11.9 Å². The summed E-state index contributed by atoms with van der Waals surface area (Å²) in [6.07, 6.45) is 0.123. The van der Waals surface area contributed by atoms with Crippen LogP contribution in [-0.2, 0) is 11.2 Å². The number of halogens is 1. The number of rotatable bonds is 3. The third-order valence-electron chi connectivity index (χ3n) is 4.79.